The highest BCUT2D eigenvalue weighted by Gasteiger charge is 2.12. The molecule has 1 aliphatic heterocycles. The summed E-state index contributed by atoms with van der Waals surface area (Å²) in [6.07, 6.45) is 0.814. The number of hydrogen-bond donors (Lipinski definition) is 1. The Morgan fingerprint density at radius 3 is 3.00 bits per heavy atom. The molecule has 0 unspecified atom stereocenters. The van der Waals surface area contributed by atoms with Crippen molar-refractivity contribution in [3.8, 4) is 11.5 Å². The van der Waals surface area contributed by atoms with Crippen molar-refractivity contribution in [1.29, 1.82) is 0 Å². The van der Waals surface area contributed by atoms with E-state index in [1.807, 2.05) is 16.8 Å². The summed E-state index contributed by atoms with van der Waals surface area (Å²) in [4.78, 5) is 14.1. The molecule has 1 saturated heterocycles. The molecule has 3 rings (SSSR count). The van der Waals surface area contributed by atoms with Crippen LogP contribution in [0.5, 0.6) is 0 Å². The molecule has 1 amide bonds. The Labute approximate surface area is 138 Å². The molecule has 124 valence electrons. The summed E-state index contributed by atoms with van der Waals surface area (Å²) in [6, 6.07) is 1.93. The Hall–Kier alpha value is -1.77. The fourth-order valence-electron chi connectivity index (χ4n) is 2.34. The average Bonchev–Trinajstić information content (AvgIpc) is 3.25. The SMILES string of the molecule is O=C(CCc1nnc(-c2ccsc2)o1)NCCN1CCOCC1. The Balaban J connectivity index is 1.35. The maximum absolute atomic E-state index is 11.9. The molecular weight excluding hydrogens is 316 g/mol. The fraction of sp³-hybridized carbons (Fsp3) is 0.533. The van der Waals surface area contributed by atoms with Crippen LogP contribution in [-0.2, 0) is 16.0 Å². The van der Waals surface area contributed by atoms with E-state index in [-0.39, 0.29) is 5.91 Å². The van der Waals surface area contributed by atoms with Crippen LogP contribution < -0.4 is 5.32 Å². The van der Waals surface area contributed by atoms with E-state index in [2.05, 4.69) is 20.4 Å². The molecule has 0 spiro atoms. The second-order valence-electron chi connectivity index (χ2n) is 5.32. The van der Waals surface area contributed by atoms with Crippen LogP contribution in [0.15, 0.2) is 21.2 Å². The molecule has 0 atom stereocenters. The van der Waals surface area contributed by atoms with E-state index in [0.717, 1.165) is 38.4 Å². The normalized spacial score (nSPS) is 15.7. The van der Waals surface area contributed by atoms with Crippen LogP contribution >= 0.6 is 11.3 Å². The molecule has 3 heterocycles. The summed E-state index contributed by atoms with van der Waals surface area (Å²) in [5, 5.41) is 14.8. The minimum Gasteiger partial charge on any atom is -0.421 e. The lowest BCUT2D eigenvalue weighted by atomic mass is 10.3. The first-order valence-electron chi connectivity index (χ1n) is 7.73. The van der Waals surface area contributed by atoms with Crippen molar-refractivity contribution in [2.24, 2.45) is 0 Å². The third-order valence-electron chi connectivity index (χ3n) is 3.65. The third kappa shape index (κ3) is 4.85. The molecule has 2 aromatic rings. The molecule has 7 nitrogen and oxygen atoms in total. The maximum atomic E-state index is 11.9. The predicted octanol–water partition coefficient (Wildman–Crippen LogP) is 1.18. The third-order valence-corrected chi connectivity index (χ3v) is 4.34. The van der Waals surface area contributed by atoms with E-state index in [0.29, 0.717) is 31.2 Å². The zero-order valence-corrected chi connectivity index (χ0v) is 13.7. The first-order chi connectivity index (χ1) is 11.3. The second-order valence-corrected chi connectivity index (χ2v) is 6.10. The average molecular weight is 336 g/mol. The van der Waals surface area contributed by atoms with E-state index >= 15 is 0 Å². The zero-order valence-electron chi connectivity index (χ0n) is 12.9. The van der Waals surface area contributed by atoms with Gasteiger partial charge in [0.05, 0.1) is 13.2 Å². The van der Waals surface area contributed by atoms with Crippen molar-refractivity contribution in [2.75, 3.05) is 39.4 Å². The lowest BCUT2D eigenvalue weighted by Gasteiger charge is -2.26. The fourth-order valence-corrected chi connectivity index (χ4v) is 2.97. The van der Waals surface area contributed by atoms with E-state index in [4.69, 9.17) is 9.15 Å². The van der Waals surface area contributed by atoms with Crippen LogP contribution in [0.25, 0.3) is 11.5 Å². The van der Waals surface area contributed by atoms with Crippen LogP contribution in [0.1, 0.15) is 12.3 Å². The van der Waals surface area contributed by atoms with Crippen LogP contribution in [0, 0.1) is 0 Å². The molecule has 0 saturated carbocycles. The number of nitrogens with one attached hydrogen (secondary N) is 1. The number of nitrogens with zero attached hydrogens (tertiary/aromatic N) is 3. The maximum Gasteiger partial charge on any atom is 0.248 e. The van der Waals surface area contributed by atoms with Gasteiger partial charge in [0.25, 0.3) is 0 Å². The number of thiophene rings is 1. The van der Waals surface area contributed by atoms with E-state index < -0.39 is 0 Å². The molecule has 0 radical (unpaired) electrons. The molecule has 0 aromatic carbocycles. The highest BCUT2D eigenvalue weighted by atomic mass is 32.1. The summed E-state index contributed by atoms with van der Waals surface area (Å²) in [5.74, 6) is 1.01. The van der Waals surface area contributed by atoms with Gasteiger partial charge in [0.2, 0.25) is 17.7 Å². The smallest absolute Gasteiger partial charge is 0.248 e. The Kier molecular flexibility index (Phi) is 5.73. The summed E-state index contributed by atoms with van der Waals surface area (Å²) >= 11 is 1.58. The van der Waals surface area contributed by atoms with Gasteiger partial charge in [-0.25, -0.2) is 0 Å². The van der Waals surface area contributed by atoms with Crippen molar-refractivity contribution in [2.45, 2.75) is 12.8 Å². The largest absolute Gasteiger partial charge is 0.421 e. The van der Waals surface area contributed by atoms with Crippen molar-refractivity contribution in [1.82, 2.24) is 20.4 Å². The van der Waals surface area contributed by atoms with Crippen molar-refractivity contribution in [3.05, 3.63) is 22.7 Å². The lowest BCUT2D eigenvalue weighted by Crippen LogP contribution is -2.41. The number of hydrogen-bond acceptors (Lipinski definition) is 7. The molecule has 1 fully saturated rings. The molecule has 23 heavy (non-hydrogen) atoms. The number of aromatic nitrogens is 2. The number of amides is 1. The summed E-state index contributed by atoms with van der Waals surface area (Å²) in [5.41, 5.74) is 0.920. The molecule has 0 aliphatic carbocycles. The van der Waals surface area contributed by atoms with Crippen molar-refractivity contribution >= 4 is 17.2 Å². The molecule has 2 aromatic heterocycles. The molecular formula is C15H20N4O3S. The van der Waals surface area contributed by atoms with Gasteiger partial charge < -0.3 is 14.5 Å². The van der Waals surface area contributed by atoms with Crippen LogP contribution in [0.3, 0.4) is 0 Å². The predicted molar refractivity (Wildman–Crippen MR) is 86.2 cm³/mol. The van der Waals surface area contributed by atoms with Gasteiger partial charge in [0, 0.05) is 50.0 Å². The van der Waals surface area contributed by atoms with Crippen LogP contribution in [0.4, 0.5) is 0 Å². The van der Waals surface area contributed by atoms with Gasteiger partial charge >= 0.3 is 0 Å². The number of carbonyl (C=O) groups excluding carboxylic acids is 1. The Morgan fingerprint density at radius 2 is 2.22 bits per heavy atom. The van der Waals surface area contributed by atoms with Gasteiger partial charge in [-0.3, -0.25) is 9.69 Å². The molecule has 1 N–H and O–H groups in total. The Bertz CT molecular complexity index is 608. The van der Waals surface area contributed by atoms with Gasteiger partial charge in [0.15, 0.2) is 0 Å². The molecule has 1 aliphatic rings. The first-order valence-corrected chi connectivity index (χ1v) is 8.67. The highest BCUT2D eigenvalue weighted by Crippen LogP contribution is 2.20. The lowest BCUT2D eigenvalue weighted by molar-refractivity contribution is -0.121. The van der Waals surface area contributed by atoms with E-state index in [1.54, 1.807) is 11.3 Å². The molecule has 8 heteroatoms. The van der Waals surface area contributed by atoms with Gasteiger partial charge in [-0.2, -0.15) is 11.3 Å². The quantitative estimate of drug-likeness (QED) is 0.818. The number of aryl methyl sites for hydroxylation is 1. The van der Waals surface area contributed by atoms with Gasteiger partial charge in [-0.1, -0.05) is 0 Å². The topological polar surface area (TPSA) is 80.5 Å². The Morgan fingerprint density at radius 1 is 1.35 bits per heavy atom. The van der Waals surface area contributed by atoms with Crippen LogP contribution in [-0.4, -0.2) is 60.4 Å². The highest BCUT2D eigenvalue weighted by molar-refractivity contribution is 7.08. The number of carbonyl (C=O) groups is 1. The first kappa shape index (κ1) is 16.1. The summed E-state index contributed by atoms with van der Waals surface area (Å²) in [7, 11) is 0. The summed E-state index contributed by atoms with van der Waals surface area (Å²) in [6.45, 7) is 4.93. The van der Waals surface area contributed by atoms with Gasteiger partial charge in [-0.05, 0) is 11.4 Å². The van der Waals surface area contributed by atoms with E-state index in [9.17, 15) is 4.79 Å². The minimum absolute atomic E-state index is 0.00791. The van der Waals surface area contributed by atoms with Gasteiger partial charge in [0.1, 0.15) is 0 Å². The van der Waals surface area contributed by atoms with Crippen molar-refractivity contribution in [3.63, 3.8) is 0 Å². The van der Waals surface area contributed by atoms with E-state index in [1.165, 1.54) is 0 Å². The van der Waals surface area contributed by atoms with Crippen molar-refractivity contribution < 1.29 is 13.9 Å². The zero-order chi connectivity index (χ0) is 15.9. The summed E-state index contributed by atoms with van der Waals surface area (Å²) < 4.78 is 10.9. The van der Waals surface area contributed by atoms with Gasteiger partial charge in [-0.15, -0.1) is 10.2 Å². The number of morpholine rings is 1. The standard InChI is InChI=1S/C15H20N4O3S/c20-13(16-4-5-19-6-8-21-9-7-19)1-2-14-17-18-15(22-14)12-3-10-23-11-12/h3,10-11H,1-2,4-9H2,(H,16,20). The second kappa shape index (κ2) is 8.19. The monoisotopic (exact) mass is 336 g/mol. The molecule has 0 bridgehead atoms. The number of rotatable bonds is 7. The van der Waals surface area contributed by atoms with Crippen LogP contribution in [0.2, 0.25) is 0 Å². The minimum atomic E-state index is 0.00791. The number of ether oxygens (including phenoxy) is 1.